The zero-order valence-corrected chi connectivity index (χ0v) is 51.7. The first-order valence-electron chi connectivity index (χ1n) is 29.6. The van der Waals surface area contributed by atoms with E-state index in [1.165, 1.54) is 62.6 Å². The molecule has 0 aliphatic carbocycles. The van der Waals surface area contributed by atoms with Crippen LogP contribution in [0.15, 0.2) is 320 Å². The van der Waals surface area contributed by atoms with Gasteiger partial charge in [0.05, 0.1) is 22.8 Å². The summed E-state index contributed by atoms with van der Waals surface area (Å²) in [5.41, 5.74) is 17.5. The first-order chi connectivity index (χ1) is 44.3. The SMILES string of the molecule is Brc1ccc(-c2cc(-c3ccccc3)nc(-c3ccccc3)n2)cc1.OB(O)c1cccc(-c2cccc3c2sc2ccccc23)c1.c1ccc(-c2cc(-c3ccc(-c4cccc(-c5cccc6c5sc5ccccc56)c4)cc3)nc(-c3ccccc3)n2)cc1. The second-order valence-electron chi connectivity index (χ2n) is 21.6. The summed E-state index contributed by atoms with van der Waals surface area (Å²) in [4.78, 5) is 19.5. The van der Waals surface area contributed by atoms with Crippen LogP contribution in [0.2, 0.25) is 0 Å². The Labute approximate surface area is 538 Å². The average molecular weight is 1260 g/mol. The molecule has 0 spiro atoms. The minimum atomic E-state index is -1.44. The van der Waals surface area contributed by atoms with Crippen LogP contribution in [-0.2, 0) is 0 Å². The molecule has 0 radical (unpaired) electrons. The van der Waals surface area contributed by atoms with E-state index in [0.717, 1.165) is 83.4 Å². The molecule has 0 fully saturated rings. The van der Waals surface area contributed by atoms with E-state index in [2.05, 4.69) is 204 Å². The quantitative estimate of drug-likeness (QED) is 0.133. The number of hydrogen-bond acceptors (Lipinski definition) is 8. The lowest BCUT2D eigenvalue weighted by molar-refractivity contribution is 0.426. The Morgan fingerprint density at radius 1 is 0.267 bits per heavy atom. The van der Waals surface area contributed by atoms with Gasteiger partial charge in [0.25, 0.3) is 0 Å². The summed E-state index contributed by atoms with van der Waals surface area (Å²) in [6.45, 7) is 0. The molecule has 0 amide bonds. The summed E-state index contributed by atoms with van der Waals surface area (Å²) in [7, 11) is -1.44. The van der Waals surface area contributed by atoms with E-state index >= 15 is 0 Å². The Morgan fingerprint density at radius 2 is 0.600 bits per heavy atom. The number of thiophene rings is 2. The van der Waals surface area contributed by atoms with Gasteiger partial charge in [0.1, 0.15) is 0 Å². The number of fused-ring (bicyclic) bond motifs is 6. The van der Waals surface area contributed by atoms with Crippen molar-refractivity contribution in [2.45, 2.75) is 0 Å². The zero-order chi connectivity index (χ0) is 60.8. The monoisotopic (exact) mass is 1260 g/mol. The number of halogens is 1. The highest BCUT2D eigenvalue weighted by molar-refractivity contribution is 9.10. The summed E-state index contributed by atoms with van der Waals surface area (Å²) >= 11 is 7.13. The average Bonchev–Trinajstić information content (AvgIpc) is 2.89. The second-order valence-corrected chi connectivity index (χ2v) is 24.6. The second kappa shape index (κ2) is 26.2. The number of aromatic nitrogens is 4. The molecular formula is C80H54BBrN4O2S2. The minimum absolute atomic E-state index is 0.510. The molecule has 12 aromatic carbocycles. The Morgan fingerprint density at radius 3 is 1.06 bits per heavy atom. The fraction of sp³-hybridized carbons (Fsp3) is 0. The molecule has 0 saturated heterocycles. The fourth-order valence-corrected chi connectivity index (χ4v) is 14.0. The molecule has 16 aromatic rings. The maximum absolute atomic E-state index is 9.38. The number of rotatable bonds is 10. The van der Waals surface area contributed by atoms with Crippen molar-refractivity contribution >= 4 is 91.5 Å². The van der Waals surface area contributed by atoms with Gasteiger partial charge in [0.2, 0.25) is 0 Å². The van der Waals surface area contributed by atoms with Gasteiger partial charge >= 0.3 is 7.12 Å². The third kappa shape index (κ3) is 12.4. The fourth-order valence-electron chi connectivity index (χ4n) is 11.3. The van der Waals surface area contributed by atoms with Gasteiger partial charge in [-0.3, -0.25) is 0 Å². The van der Waals surface area contributed by atoms with Crippen molar-refractivity contribution in [3.63, 3.8) is 0 Å². The van der Waals surface area contributed by atoms with Crippen molar-refractivity contribution in [2.75, 3.05) is 0 Å². The molecular weight excluding hydrogens is 1200 g/mol. The van der Waals surface area contributed by atoms with E-state index in [4.69, 9.17) is 19.9 Å². The largest absolute Gasteiger partial charge is 0.488 e. The zero-order valence-electron chi connectivity index (χ0n) is 48.5. The van der Waals surface area contributed by atoms with Crippen LogP contribution in [-0.4, -0.2) is 37.1 Å². The number of benzene rings is 12. The molecule has 428 valence electrons. The van der Waals surface area contributed by atoms with Gasteiger partial charge in [0.15, 0.2) is 11.6 Å². The van der Waals surface area contributed by atoms with E-state index in [9.17, 15) is 10.0 Å². The standard InChI is InChI=1S/C40H26N2S.C22H15BrN2.C18H13BO2S/c1-3-11-28(12-4-1)36-26-37(42-40(41-36)30-13-5-2-6-14-30)29-23-21-27(22-24-29)31-15-9-16-32(25-31)33-18-10-19-35-34-17-7-8-20-38(34)43-39(33)35;23-19-13-11-17(12-14-19)21-15-20(16-7-3-1-4-8-16)24-22(25-21)18-9-5-2-6-10-18;20-19(21)13-6-3-5-12(11-13)14-8-4-9-16-15-7-1-2-10-17(15)22-18(14)16/h1-26H;1-15H;1-11,20-21H. The van der Waals surface area contributed by atoms with Crippen LogP contribution < -0.4 is 5.46 Å². The molecule has 0 aliphatic rings. The molecule has 0 unspecified atom stereocenters. The van der Waals surface area contributed by atoms with Crippen LogP contribution in [0.4, 0.5) is 0 Å². The van der Waals surface area contributed by atoms with Crippen molar-refractivity contribution in [1.29, 1.82) is 0 Å². The van der Waals surface area contributed by atoms with Crippen LogP contribution in [0.5, 0.6) is 0 Å². The Balaban J connectivity index is 0.000000128. The highest BCUT2D eigenvalue weighted by Crippen LogP contribution is 2.42. The molecule has 0 aliphatic heterocycles. The maximum Gasteiger partial charge on any atom is 0.488 e. The Bertz CT molecular complexity index is 5050. The molecule has 2 N–H and O–H groups in total. The van der Waals surface area contributed by atoms with Crippen molar-refractivity contribution in [3.05, 3.63) is 320 Å². The molecule has 90 heavy (non-hydrogen) atoms. The molecule has 10 heteroatoms. The Hall–Kier alpha value is -10.3. The minimum Gasteiger partial charge on any atom is -0.423 e. The summed E-state index contributed by atoms with van der Waals surface area (Å²) in [6.07, 6.45) is 0. The van der Waals surface area contributed by atoms with Gasteiger partial charge in [-0.2, -0.15) is 0 Å². The van der Waals surface area contributed by atoms with E-state index in [1.807, 2.05) is 133 Å². The molecule has 0 bridgehead atoms. The lowest BCUT2D eigenvalue weighted by atomic mass is 9.79. The molecule has 4 heterocycles. The topological polar surface area (TPSA) is 92.0 Å². The van der Waals surface area contributed by atoms with Gasteiger partial charge < -0.3 is 10.0 Å². The maximum atomic E-state index is 9.38. The Kier molecular flexibility index (Phi) is 16.7. The molecule has 0 atom stereocenters. The molecule has 6 nitrogen and oxygen atoms in total. The number of nitrogens with zero attached hydrogens (tertiary/aromatic N) is 4. The van der Waals surface area contributed by atoms with Crippen molar-refractivity contribution < 1.29 is 10.0 Å². The van der Waals surface area contributed by atoms with Gasteiger partial charge in [-0.25, -0.2) is 19.9 Å². The molecule has 4 aromatic heterocycles. The van der Waals surface area contributed by atoms with Crippen LogP contribution in [0.1, 0.15) is 0 Å². The normalized spacial score (nSPS) is 11.1. The van der Waals surface area contributed by atoms with Crippen LogP contribution in [0.3, 0.4) is 0 Å². The summed E-state index contributed by atoms with van der Waals surface area (Å²) in [5, 5.41) is 23.9. The van der Waals surface area contributed by atoms with Gasteiger partial charge in [0, 0.05) is 78.2 Å². The summed E-state index contributed by atoms with van der Waals surface area (Å²) in [5.74, 6) is 1.46. The van der Waals surface area contributed by atoms with E-state index < -0.39 is 7.12 Å². The lowest BCUT2D eigenvalue weighted by Gasteiger charge is -2.11. The van der Waals surface area contributed by atoms with Crippen molar-refractivity contribution in [1.82, 2.24) is 19.9 Å². The smallest absolute Gasteiger partial charge is 0.423 e. The van der Waals surface area contributed by atoms with Gasteiger partial charge in [-0.1, -0.05) is 289 Å². The summed E-state index contributed by atoms with van der Waals surface area (Å²) < 4.78 is 6.21. The molecule has 0 saturated carbocycles. The van der Waals surface area contributed by atoms with Gasteiger partial charge in [-0.15, -0.1) is 22.7 Å². The van der Waals surface area contributed by atoms with Crippen molar-refractivity contribution in [3.8, 4) is 101 Å². The predicted octanol–water partition coefficient (Wildman–Crippen LogP) is 20.8. The highest BCUT2D eigenvalue weighted by Gasteiger charge is 2.17. The first-order valence-corrected chi connectivity index (χ1v) is 32.0. The van der Waals surface area contributed by atoms with Crippen LogP contribution in [0, 0.1) is 0 Å². The van der Waals surface area contributed by atoms with E-state index in [0.29, 0.717) is 5.46 Å². The third-order valence-corrected chi connectivity index (χ3v) is 18.8. The van der Waals surface area contributed by atoms with Gasteiger partial charge in [-0.05, 0) is 81.3 Å². The highest BCUT2D eigenvalue weighted by atomic mass is 79.9. The third-order valence-electron chi connectivity index (χ3n) is 15.8. The van der Waals surface area contributed by atoms with E-state index in [-0.39, 0.29) is 0 Å². The number of hydrogen-bond donors (Lipinski definition) is 2. The van der Waals surface area contributed by atoms with E-state index in [1.54, 1.807) is 17.4 Å². The lowest BCUT2D eigenvalue weighted by Crippen LogP contribution is -2.29. The predicted molar refractivity (Wildman–Crippen MR) is 383 cm³/mol. The first kappa shape index (κ1) is 57.4. The van der Waals surface area contributed by atoms with Crippen LogP contribution in [0.25, 0.3) is 142 Å². The summed E-state index contributed by atoms with van der Waals surface area (Å²) in [6, 6.07) is 108. The molecule has 16 rings (SSSR count). The van der Waals surface area contributed by atoms with Crippen LogP contribution >= 0.6 is 38.6 Å². The van der Waals surface area contributed by atoms with Crippen molar-refractivity contribution in [2.24, 2.45) is 0 Å².